The van der Waals surface area contributed by atoms with Crippen molar-refractivity contribution in [2.45, 2.75) is 83.3 Å². The Hall–Kier alpha value is -3.65. The SMILES string of the molecule is C.CCCC1(CCc2ccccc2)CC(O)=C(C(CC)c2cccc(NS(=O)(=O)c3ccc(C)cn3)c2)C(=O)O1. The lowest BCUT2D eigenvalue weighted by Gasteiger charge is -2.38. The Bertz CT molecular complexity index is 1440. The van der Waals surface area contributed by atoms with Gasteiger partial charge in [-0.1, -0.05) is 76.2 Å². The summed E-state index contributed by atoms with van der Waals surface area (Å²) in [6.07, 6.45) is 5.12. The maximum Gasteiger partial charge on any atom is 0.338 e. The van der Waals surface area contributed by atoms with Crippen LogP contribution in [0.3, 0.4) is 0 Å². The third kappa shape index (κ3) is 7.10. The smallest absolute Gasteiger partial charge is 0.338 e. The second kappa shape index (κ2) is 13.1. The van der Waals surface area contributed by atoms with E-state index < -0.39 is 27.5 Å². The Morgan fingerprint density at radius 2 is 1.80 bits per heavy atom. The minimum atomic E-state index is -3.89. The number of hydrogen-bond donors (Lipinski definition) is 2. The highest BCUT2D eigenvalue weighted by Gasteiger charge is 2.43. The second-order valence-corrected chi connectivity index (χ2v) is 11.8. The first-order chi connectivity index (χ1) is 18.7. The lowest BCUT2D eigenvalue weighted by atomic mass is 9.80. The molecule has 0 saturated carbocycles. The summed E-state index contributed by atoms with van der Waals surface area (Å²) in [6, 6.07) is 20.1. The molecule has 8 heteroatoms. The molecule has 1 aliphatic rings. The molecule has 0 bridgehead atoms. The number of pyridine rings is 1. The number of carbonyl (C=O) groups is 1. The molecule has 2 unspecified atom stereocenters. The molecule has 0 saturated heterocycles. The van der Waals surface area contributed by atoms with Crippen LogP contribution in [0, 0.1) is 6.92 Å². The number of aryl methyl sites for hydroxylation is 2. The fraction of sp³-hybridized carbons (Fsp3) is 0.375. The van der Waals surface area contributed by atoms with Gasteiger partial charge in [0.1, 0.15) is 11.4 Å². The Labute approximate surface area is 238 Å². The molecule has 0 spiro atoms. The topological polar surface area (TPSA) is 106 Å². The molecule has 0 radical (unpaired) electrons. The number of anilines is 1. The highest BCUT2D eigenvalue weighted by molar-refractivity contribution is 7.92. The number of carbonyl (C=O) groups excluding carboxylic acids is 1. The van der Waals surface area contributed by atoms with Gasteiger partial charge in [0.2, 0.25) is 0 Å². The molecule has 214 valence electrons. The molecule has 7 nitrogen and oxygen atoms in total. The fourth-order valence-electron chi connectivity index (χ4n) is 5.27. The van der Waals surface area contributed by atoms with Gasteiger partial charge < -0.3 is 9.84 Å². The van der Waals surface area contributed by atoms with Gasteiger partial charge in [-0.05, 0) is 67.5 Å². The molecule has 1 aromatic heterocycles. The Morgan fingerprint density at radius 3 is 2.42 bits per heavy atom. The lowest BCUT2D eigenvalue weighted by Crippen LogP contribution is -2.41. The molecule has 2 N–H and O–H groups in total. The molecule has 0 fully saturated rings. The van der Waals surface area contributed by atoms with Crippen LogP contribution in [0.5, 0.6) is 0 Å². The number of nitrogens with one attached hydrogen (secondary N) is 1. The van der Waals surface area contributed by atoms with Crippen molar-refractivity contribution in [3.63, 3.8) is 0 Å². The molecule has 2 heterocycles. The number of ether oxygens (including phenoxy) is 1. The van der Waals surface area contributed by atoms with E-state index in [0.717, 1.165) is 24.0 Å². The number of cyclic esters (lactones) is 1. The highest BCUT2D eigenvalue weighted by Crippen LogP contribution is 2.42. The van der Waals surface area contributed by atoms with Gasteiger partial charge in [-0.25, -0.2) is 9.78 Å². The molecule has 4 rings (SSSR count). The number of aliphatic hydroxyl groups excluding tert-OH is 1. The van der Waals surface area contributed by atoms with Crippen LogP contribution in [0.25, 0.3) is 0 Å². The van der Waals surface area contributed by atoms with Crippen LogP contribution in [0.15, 0.2) is 89.3 Å². The van der Waals surface area contributed by atoms with E-state index >= 15 is 0 Å². The first-order valence-corrected chi connectivity index (χ1v) is 14.9. The van der Waals surface area contributed by atoms with Gasteiger partial charge in [-0.2, -0.15) is 8.42 Å². The van der Waals surface area contributed by atoms with E-state index in [9.17, 15) is 18.3 Å². The molecular formula is C32H40N2O5S. The largest absolute Gasteiger partial charge is 0.512 e. The number of sulfonamides is 1. The summed E-state index contributed by atoms with van der Waals surface area (Å²) < 4.78 is 34.4. The molecule has 3 aromatic rings. The van der Waals surface area contributed by atoms with Gasteiger partial charge in [0, 0.05) is 24.2 Å². The molecule has 2 atom stereocenters. The molecule has 2 aromatic carbocycles. The number of rotatable bonds is 11. The van der Waals surface area contributed by atoms with Crippen molar-refractivity contribution in [1.29, 1.82) is 0 Å². The normalized spacial score (nSPS) is 18.0. The van der Waals surface area contributed by atoms with Gasteiger partial charge >= 0.3 is 5.97 Å². The van der Waals surface area contributed by atoms with Crippen molar-refractivity contribution < 1.29 is 23.1 Å². The standard InChI is InChI=1S/C31H36N2O5S.CH4/c1-4-17-31(18-16-23-10-7-6-8-11-23)20-27(34)29(30(35)38-31)26(5-2)24-12-9-13-25(19-24)33-39(36,37)28-15-14-22(3)21-32-28;/h6-15,19,21,26,33-34H,4-5,16-18,20H2,1-3H3;1H4. The van der Waals surface area contributed by atoms with Crippen LogP contribution < -0.4 is 4.72 Å². The number of aromatic nitrogens is 1. The molecular weight excluding hydrogens is 524 g/mol. The van der Waals surface area contributed by atoms with Crippen molar-refractivity contribution in [2.75, 3.05) is 4.72 Å². The van der Waals surface area contributed by atoms with Crippen molar-refractivity contribution in [2.24, 2.45) is 0 Å². The van der Waals surface area contributed by atoms with Crippen LogP contribution in [-0.4, -0.2) is 30.1 Å². The van der Waals surface area contributed by atoms with Crippen molar-refractivity contribution in [3.05, 3.63) is 101 Å². The number of nitrogens with zero attached hydrogens (tertiary/aromatic N) is 1. The van der Waals surface area contributed by atoms with E-state index in [2.05, 4.69) is 21.8 Å². The van der Waals surface area contributed by atoms with Gasteiger partial charge in [0.25, 0.3) is 10.0 Å². The Balaban J connectivity index is 0.00000441. The van der Waals surface area contributed by atoms with Crippen molar-refractivity contribution in [1.82, 2.24) is 4.98 Å². The first kappa shape index (κ1) is 30.9. The number of benzene rings is 2. The monoisotopic (exact) mass is 564 g/mol. The average molecular weight is 565 g/mol. The van der Waals surface area contributed by atoms with E-state index in [4.69, 9.17) is 4.74 Å². The zero-order valence-electron chi connectivity index (χ0n) is 22.7. The third-order valence-electron chi connectivity index (χ3n) is 7.20. The summed E-state index contributed by atoms with van der Waals surface area (Å²) in [5.74, 6) is -0.912. The van der Waals surface area contributed by atoms with E-state index in [-0.39, 0.29) is 30.2 Å². The quantitative estimate of drug-likeness (QED) is 0.238. The Kier molecular flexibility index (Phi) is 10.1. The zero-order valence-corrected chi connectivity index (χ0v) is 23.5. The third-order valence-corrected chi connectivity index (χ3v) is 8.50. The molecule has 40 heavy (non-hydrogen) atoms. The van der Waals surface area contributed by atoms with Gasteiger partial charge in [0.05, 0.1) is 5.57 Å². The summed E-state index contributed by atoms with van der Waals surface area (Å²) in [4.78, 5) is 17.5. The summed E-state index contributed by atoms with van der Waals surface area (Å²) in [5, 5.41) is 11.2. The van der Waals surface area contributed by atoms with Crippen molar-refractivity contribution >= 4 is 21.7 Å². The lowest BCUT2D eigenvalue weighted by molar-refractivity contribution is -0.161. The van der Waals surface area contributed by atoms with Crippen LogP contribution in [-0.2, 0) is 26.0 Å². The number of esters is 1. The van der Waals surface area contributed by atoms with Crippen LogP contribution in [0.2, 0.25) is 0 Å². The predicted octanol–water partition coefficient (Wildman–Crippen LogP) is 7.25. The minimum absolute atomic E-state index is 0. The van der Waals surface area contributed by atoms with Gasteiger partial charge in [-0.3, -0.25) is 4.72 Å². The minimum Gasteiger partial charge on any atom is -0.512 e. The highest BCUT2D eigenvalue weighted by atomic mass is 32.2. The predicted molar refractivity (Wildman–Crippen MR) is 159 cm³/mol. The van der Waals surface area contributed by atoms with Crippen LogP contribution in [0.4, 0.5) is 5.69 Å². The number of hydrogen-bond acceptors (Lipinski definition) is 6. The van der Waals surface area contributed by atoms with Crippen LogP contribution in [0.1, 0.15) is 76.0 Å². The Morgan fingerprint density at radius 1 is 1.05 bits per heavy atom. The molecule has 1 aliphatic heterocycles. The maximum atomic E-state index is 13.4. The van der Waals surface area contributed by atoms with E-state index in [0.29, 0.717) is 30.5 Å². The zero-order chi connectivity index (χ0) is 28.0. The summed E-state index contributed by atoms with van der Waals surface area (Å²) in [5.41, 5.74) is 2.55. The molecule has 0 aliphatic carbocycles. The average Bonchev–Trinajstić information content (AvgIpc) is 2.90. The second-order valence-electron chi connectivity index (χ2n) is 10.2. The van der Waals surface area contributed by atoms with Gasteiger partial charge in [-0.15, -0.1) is 0 Å². The maximum absolute atomic E-state index is 13.4. The summed E-state index contributed by atoms with van der Waals surface area (Å²) >= 11 is 0. The van der Waals surface area contributed by atoms with E-state index in [1.807, 2.05) is 45.0 Å². The van der Waals surface area contributed by atoms with E-state index in [1.54, 1.807) is 24.3 Å². The van der Waals surface area contributed by atoms with Crippen molar-refractivity contribution in [3.8, 4) is 0 Å². The summed E-state index contributed by atoms with van der Waals surface area (Å²) in [7, 11) is -3.89. The first-order valence-electron chi connectivity index (χ1n) is 13.4. The van der Waals surface area contributed by atoms with Gasteiger partial charge in [0.15, 0.2) is 5.03 Å². The van der Waals surface area contributed by atoms with Crippen LogP contribution >= 0.6 is 0 Å². The molecule has 0 amide bonds. The van der Waals surface area contributed by atoms with E-state index in [1.165, 1.54) is 12.3 Å². The summed E-state index contributed by atoms with van der Waals surface area (Å²) in [6.45, 7) is 5.80. The fourth-order valence-corrected chi connectivity index (χ4v) is 6.25. The number of aliphatic hydroxyl groups is 1.